The van der Waals surface area contributed by atoms with Crippen LogP contribution >= 0.6 is 0 Å². The van der Waals surface area contributed by atoms with Gasteiger partial charge in [-0.15, -0.1) is 0 Å². The maximum absolute atomic E-state index is 13.2. The van der Waals surface area contributed by atoms with Crippen LogP contribution in [-0.4, -0.2) is 30.0 Å². The van der Waals surface area contributed by atoms with Gasteiger partial charge in [-0.05, 0) is 30.2 Å². The molecule has 0 bridgehead atoms. The van der Waals surface area contributed by atoms with E-state index in [1.54, 1.807) is 23.0 Å². The van der Waals surface area contributed by atoms with Crippen LogP contribution in [-0.2, 0) is 24.3 Å². The molecule has 1 amide bonds. The molecule has 152 valence electrons. The fourth-order valence-electron chi connectivity index (χ4n) is 4.48. The molecule has 4 heterocycles. The van der Waals surface area contributed by atoms with Crippen molar-refractivity contribution in [1.82, 2.24) is 24.1 Å². The summed E-state index contributed by atoms with van der Waals surface area (Å²) in [6.45, 7) is 0.644. The fourth-order valence-corrected chi connectivity index (χ4v) is 4.48. The van der Waals surface area contributed by atoms with Gasteiger partial charge in [0.15, 0.2) is 5.82 Å². The first-order valence-electron chi connectivity index (χ1n) is 10.1. The van der Waals surface area contributed by atoms with Crippen molar-refractivity contribution in [2.45, 2.75) is 19.5 Å². The summed E-state index contributed by atoms with van der Waals surface area (Å²) < 4.78 is 3.68. The normalized spacial score (nSPS) is 12.6. The molecular formula is C23H18N6O2. The van der Waals surface area contributed by atoms with E-state index in [0.29, 0.717) is 35.6 Å². The van der Waals surface area contributed by atoms with E-state index in [4.69, 9.17) is 4.98 Å². The molecule has 6 rings (SSSR count). The molecule has 0 atom stereocenters. The van der Waals surface area contributed by atoms with Gasteiger partial charge in [-0.1, -0.05) is 30.3 Å². The first-order valence-corrected chi connectivity index (χ1v) is 10.1. The number of nitrogens with one attached hydrogen (secondary N) is 2. The van der Waals surface area contributed by atoms with Crippen LogP contribution in [0.1, 0.15) is 5.56 Å². The average molecular weight is 410 g/mol. The van der Waals surface area contributed by atoms with Crippen LogP contribution in [0.25, 0.3) is 33.3 Å². The molecule has 5 aromatic rings. The zero-order chi connectivity index (χ0) is 20.9. The molecule has 0 aliphatic carbocycles. The van der Waals surface area contributed by atoms with Crippen molar-refractivity contribution >= 4 is 33.7 Å². The van der Waals surface area contributed by atoms with Crippen LogP contribution < -0.4 is 10.9 Å². The number of carbonyl (C=O) groups excluding carboxylic acids is 1. The molecule has 0 unspecified atom stereocenters. The Bertz CT molecular complexity index is 1530. The summed E-state index contributed by atoms with van der Waals surface area (Å²) in [5, 5.41) is 4.47. The third kappa shape index (κ3) is 2.68. The van der Waals surface area contributed by atoms with Crippen molar-refractivity contribution in [3.63, 3.8) is 0 Å². The van der Waals surface area contributed by atoms with Gasteiger partial charge in [-0.2, -0.15) is 0 Å². The number of rotatable bonds is 3. The zero-order valence-electron chi connectivity index (χ0n) is 16.5. The molecule has 1 aliphatic rings. The minimum atomic E-state index is -0.209. The standard InChI is InChI=1S/C23H18N6O2/c30-19(27-23-24-10-11-25-23)13-29-18-8-4-2-5-14(18)15-9-12-28-21(20(15)29)26-17-7-3-1-6-16(17)22(28)31/h1-8,10-11H,9,12-13H2,(H2,24,25,27,30). The van der Waals surface area contributed by atoms with Gasteiger partial charge in [0, 0.05) is 29.8 Å². The van der Waals surface area contributed by atoms with Gasteiger partial charge < -0.3 is 9.55 Å². The van der Waals surface area contributed by atoms with Crippen LogP contribution in [0.15, 0.2) is 65.7 Å². The topological polar surface area (TPSA) is 97.6 Å². The highest BCUT2D eigenvalue weighted by atomic mass is 16.2. The van der Waals surface area contributed by atoms with E-state index in [0.717, 1.165) is 22.2 Å². The number of benzene rings is 2. The number of hydrogen-bond acceptors (Lipinski definition) is 4. The van der Waals surface area contributed by atoms with Crippen molar-refractivity contribution in [2.75, 3.05) is 5.32 Å². The van der Waals surface area contributed by atoms with E-state index in [2.05, 4.69) is 21.4 Å². The van der Waals surface area contributed by atoms with E-state index in [9.17, 15) is 9.59 Å². The lowest BCUT2D eigenvalue weighted by Crippen LogP contribution is -2.29. The second-order valence-corrected chi connectivity index (χ2v) is 7.58. The molecule has 1 aliphatic heterocycles. The number of aromatic amines is 1. The first kappa shape index (κ1) is 17.6. The second-order valence-electron chi connectivity index (χ2n) is 7.58. The van der Waals surface area contributed by atoms with Gasteiger partial charge >= 0.3 is 0 Å². The van der Waals surface area contributed by atoms with Gasteiger partial charge in [0.1, 0.15) is 6.54 Å². The molecule has 0 radical (unpaired) electrons. The number of carbonyl (C=O) groups is 1. The number of aryl methyl sites for hydroxylation is 1. The summed E-state index contributed by atoms with van der Waals surface area (Å²) in [5.41, 5.74) is 3.48. The van der Waals surface area contributed by atoms with E-state index in [-0.39, 0.29) is 18.0 Å². The lowest BCUT2D eigenvalue weighted by molar-refractivity contribution is -0.116. The van der Waals surface area contributed by atoms with Crippen LogP contribution in [0.3, 0.4) is 0 Å². The SMILES string of the molecule is O=C(Cn1c2c(c3ccccc31)CCn1c-2nc2ccccc2c1=O)Nc1ncc[nH]1. The average Bonchev–Trinajstić information content (AvgIpc) is 3.41. The van der Waals surface area contributed by atoms with Gasteiger partial charge in [0.2, 0.25) is 11.9 Å². The number of nitrogens with zero attached hydrogens (tertiary/aromatic N) is 4. The number of fused-ring (bicyclic) bond motifs is 6. The maximum atomic E-state index is 13.2. The quantitative estimate of drug-likeness (QED) is 0.478. The van der Waals surface area contributed by atoms with Crippen molar-refractivity contribution in [3.05, 3.63) is 76.8 Å². The smallest absolute Gasteiger partial charge is 0.261 e. The van der Waals surface area contributed by atoms with Crippen LogP contribution in [0.2, 0.25) is 0 Å². The van der Waals surface area contributed by atoms with Crippen molar-refractivity contribution in [3.8, 4) is 11.5 Å². The number of imidazole rings is 1. The number of aromatic nitrogens is 5. The molecular weight excluding hydrogens is 392 g/mol. The molecule has 3 aromatic heterocycles. The summed E-state index contributed by atoms with van der Waals surface area (Å²) in [7, 11) is 0. The van der Waals surface area contributed by atoms with Crippen LogP contribution in [0, 0.1) is 0 Å². The molecule has 2 N–H and O–H groups in total. The molecule has 0 spiro atoms. The minimum Gasteiger partial charge on any atom is -0.331 e. The summed E-state index contributed by atoms with van der Waals surface area (Å²) in [6.07, 6.45) is 3.94. The predicted molar refractivity (Wildman–Crippen MR) is 118 cm³/mol. The number of amides is 1. The molecule has 0 saturated carbocycles. The Balaban J connectivity index is 1.57. The van der Waals surface area contributed by atoms with Gasteiger partial charge in [-0.25, -0.2) is 9.97 Å². The maximum Gasteiger partial charge on any atom is 0.261 e. The Hall–Kier alpha value is -4.20. The van der Waals surface area contributed by atoms with Crippen LogP contribution in [0.4, 0.5) is 5.95 Å². The monoisotopic (exact) mass is 410 g/mol. The Morgan fingerprint density at radius 3 is 2.74 bits per heavy atom. The van der Waals surface area contributed by atoms with Gasteiger partial charge in [0.05, 0.1) is 16.6 Å². The first-order chi connectivity index (χ1) is 15.2. The lowest BCUT2D eigenvalue weighted by atomic mass is 10.0. The van der Waals surface area contributed by atoms with E-state index >= 15 is 0 Å². The van der Waals surface area contributed by atoms with Crippen molar-refractivity contribution < 1.29 is 4.79 Å². The molecule has 2 aromatic carbocycles. The van der Waals surface area contributed by atoms with Gasteiger partial charge in [0.25, 0.3) is 5.56 Å². The van der Waals surface area contributed by atoms with Crippen molar-refractivity contribution in [1.29, 1.82) is 0 Å². The Labute approximate surface area is 176 Å². The molecule has 31 heavy (non-hydrogen) atoms. The van der Waals surface area contributed by atoms with E-state index in [1.165, 1.54) is 0 Å². The predicted octanol–water partition coefficient (Wildman–Crippen LogP) is 2.94. The Morgan fingerprint density at radius 1 is 1.10 bits per heavy atom. The third-order valence-electron chi connectivity index (χ3n) is 5.79. The third-order valence-corrected chi connectivity index (χ3v) is 5.79. The highest BCUT2D eigenvalue weighted by molar-refractivity contribution is 5.95. The Morgan fingerprint density at radius 2 is 1.90 bits per heavy atom. The van der Waals surface area contributed by atoms with E-state index < -0.39 is 0 Å². The second kappa shape index (κ2) is 6.66. The Kier molecular flexibility index (Phi) is 3.79. The number of hydrogen-bond donors (Lipinski definition) is 2. The number of anilines is 1. The van der Waals surface area contributed by atoms with Crippen LogP contribution in [0.5, 0.6) is 0 Å². The highest BCUT2D eigenvalue weighted by Gasteiger charge is 2.28. The molecule has 8 heteroatoms. The largest absolute Gasteiger partial charge is 0.331 e. The number of H-pyrrole nitrogens is 1. The molecule has 0 fully saturated rings. The summed E-state index contributed by atoms with van der Waals surface area (Å²) in [4.78, 5) is 37.8. The number of para-hydroxylation sites is 2. The van der Waals surface area contributed by atoms with E-state index in [1.807, 2.05) is 41.0 Å². The summed E-state index contributed by atoms with van der Waals surface area (Å²) in [5.74, 6) is 0.793. The summed E-state index contributed by atoms with van der Waals surface area (Å²) >= 11 is 0. The lowest BCUT2D eigenvalue weighted by Gasteiger charge is -2.21. The summed E-state index contributed by atoms with van der Waals surface area (Å²) in [6, 6.07) is 15.4. The fraction of sp³-hybridized carbons (Fsp3) is 0.130. The van der Waals surface area contributed by atoms with Crippen molar-refractivity contribution in [2.24, 2.45) is 0 Å². The zero-order valence-corrected chi connectivity index (χ0v) is 16.5. The minimum absolute atomic E-state index is 0.0527. The molecule has 0 saturated heterocycles. The highest BCUT2D eigenvalue weighted by Crippen LogP contribution is 2.36. The molecule has 8 nitrogen and oxygen atoms in total. The van der Waals surface area contributed by atoms with Gasteiger partial charge in [-0.3, -0.25) is 19.5 Å².